The van der Waals surface area contributed by atoms with Crippen molar-refractivity contribution in [1.29, 1.82) is 0 Å². The first kappa shape index (κ1) is 26.5. The molecule has 11 rings (SSSR count). The van der Waals surface area contributed by atoms with E-state index in [9.17, 15) is 0 Å². The Morgan fingerprint density at radius 3 is 0.667 bits per heavy atom. The Labute approximate surface area is 279 Å². The van der Waals surface area contributed by atoms with E-state index in [-0.39, 0.29) is 0 Å². The van der Waals surface area contributed by atoms with Crippen molar-refractivity contribution in [2.24, 2.45) is 0 Å². The summed E-state index contributed by atoms with van der Waals surface area (Å²) in [4.78, 5) is 0. The molecule has 2 nitrogen and oxygen atoms in total. The number of hydrogen-bond donors (Lipinski definition) is 0. The molecule has 0 fully saturated rings. The molecule has 0 aromatic heterocycles. The second-order valence-electron chi connectivity index (χ2n) is 13.4. The van der Waals surface area contributed by atoms with Crippen LogP contribution < -0.4 is 0 Å². The fraction of sp³-hybridized carbons (Fsp3) is 0.0870. The average Bonchev–Trinajstić information content (AvgIpc) is 3.87. The lowest BCUT2D eigenvalue weighted by Crippen LogP contribution is -2.31. The van der Waals surface area contributed by atoms with Crippen molar-refractivity contribution in [1.82, 2.24) is 0 Å². The second-order valence-corrected chi connectivity index (χ2v) is 13.4. The van der Waals surface area contributed by atoms with Crippen LogP contribution in [-0.4, -0.2) is 0 Å². The van der Waals surface area contributed by atoms with Gasteiger partial charge in [-0.3, -0.25) is 0 Å². The highest BCUT2D eigenvalue weighted by Crippen LogP contribution is 2.71. The highest BCUT2D eigenvalue weighted by Gasteiger charge is 2.69. The first-order chi connectivity index (χ1) is 23.7. The fourth-order valence-corrected chi connectivity index (χ4v) is 9.61. The largest absolute Gasteiger partial charge is 0.340 e. The van der Waals surface area contributed by atoms with E-state index in [1.165, 1.54) is 44.5 Å². The Bertz CT molecular complexity index is 2070. The minimum absolute atomic E-state index is 0.794. The zero-order chi connectivity index (χ0) is 31.6. The van der Waals surface area contributed by atoms with Crippen molar-refractivity contribution < 1.29 is 9.47 Å². The summed E-state index contributed by atoms with van der Waals surface area (Å²) in [5.41, 5.74) is 10.9. The van der Waals surface area contributed by atoms with Crippen LogP contribution in [0.2, 0.25) is 0 Å². The van der Waals surface area contributed by atoms with Gasteiger partial charge in [-0.2, -0.15) is 0 Å². The molecule has 2 unspecified atom stereocenters. The number of fused-ring (bicyclic) bond motifs is 16. The molecule has 4 bridgehead atoms. The molecule has 2 heteroatoms. The van der Waals surface area contributed by atoms with Gasteiger partial charge in [0.05, 0.1) is 0 Å². The van der Waals surface area contributed by atoms with Gasteiger partial charge in [-0.25, -0.2) is 0 Å². The third kappa shape index (κ3) is 2.86. The van der Waals surface area contributed by atoms with Crippen LogP contribution in [0.15, 0.2) is 182 Å². The van der Waals surface area contributed by atoms with Gasteiger partial charge >= 0.3 is 0 Å². The molecule has 4 aliphatic heterocycles. The molecular formula is C46H30O2. The molecule has 0 aliphatic carbocycles. The zero-order valence-corrected chi connectivity index (χ0v) is 26.1. The number of benzene rings is 7. The van der Waals surface area contributed by atoms with E-state index >= 15 is 0 Å². The van der Waals surface area contributed by atoms with Crippen molar-refractivity contribution in [3.63, 3.8) is 0 Å². The lowest BCUT2D eigenvalue weighted by molar-refractivity contribution is -0.0296. The molecule has 0 N–H and O–H groups in total. The molecule has 0 saturated heterocycles. The zero-order valence-electron chi connectivity index (χ0n) is 26.1. The predicted molar refractivity (Wildman–Crippen MR) is 187 cm³/mol. The van der Waals surface area contributed by atoms with E-state index in [1.54, 1.807) is 0 Å². The Morgan fingerprint density at radius 1 is 0.229 bits per heavy atom. The maximum Gasteiger partial charge on any atom is 0.146 e. The summed E-state index contributed by atoms with van der Waals surface area (Å²) >= 11 is 0. The van der Waals surface area contributed by atoms with E-state index < -0.39 is 22.4 Å². The van der Waals surface area contributed by atoms with Crippen LogP contribution in [0.5, 0.6) is 0 Å². The molecule has 7 aromatic carbocycles. The van der Waals surface area contributed by atoms with Gasteiger partial charge in [0.25, 0.3) is 0 Å². The van der Waals surface area contributed by atoms with Crippen molar-refractivity contribution >= 4 is 0 Å². The minimum atomic E-state index is -0.794. The number of hydrogen-bond acceptors (Lipinski definition) is 2. The van der Waals surface area contributed by atoms with Crippen LogP contribution in [0.25, 0.3) is 0 Å². The fourth-order valence-electron chi connectivity index (χ4n) is 9.61. The van der Waals surface area contributed by atoms with Crippen LogP contribution in [0.1, 0.15) is 66.8 Å². The maximum atomic E-state index is 7.74. The predicted octanol–water partition coefficient (Wildman–Crippen LogP) is 9.54. The summed E-state index contributed by atoms with van der Waals surface area (Å²) in [6.07, 6.45) is 0. The normalized spacial score (nSPS) is 26.5. The van der Waals surface area contributed by atoms with E-state index in [0.29, 0.717) is 0 Å². The molecule has 4 heterocycles. The van der Waals surface area contributed by atoms with Gasteiger partial charge in [-0.1, -0.05) is 170 Å². The summed E-state index contributed by atoms with van der Waals surface area (Å²) in [6.45, 7) is 0. The summed E-state index contributed by atoms with van der Waals surface area (Å²) < 4.78 is 15.5. The smallest absolute Gasteiger partial charge is 0.146 e. The molecule has 0 radical (unpaired) electrons. The van der Waals surface area contributed by atoms with Gasteiger partial charge in [-0.15, -0.1) is 0 Å². The summed E-state index contributed by atoms with van der Waals surface area (Å²) in [6, 6.07) is 65.7. The van der Waals surface area contributed by atoms with Crippen molar-refractivity contribution in [2.75, 3.05) is 0 Å². The molecular weight excluding hydrogens is 585 g/mol. The standard InChI is InChI=1S/C46H30O2/c1-5-17-31(18-6-1)43-35-25-13-14-26-36(35)44(47-43,32-19-7-2-8-20-32)40-30-42-41(29-39(40)43)45(33-21-9-3-10-22-33)37-27-15-16-28-38(37)46(42,48-45)34-23-11-4-12-24-34/h1-30H/t43-,44+,45?,46?. The molecule has 0 saturated carbocycles. The first-order valence-corrected chi connectivity index (χ1v) is 16.8. The Kier molecular flexibility index (Phi) is 5.02. The maximum absolute atomic E-state index is 7.74. The SMILES string of the molecule is c1ccc(C23OC(c4ccccc4)(c4ccccc42)c2cc4c(cc23)[C@]2(c3ccccc3)O[C@@]4(c3ccccc3)c3ccccc32)cc1. The summed E-state index contributed by atoms with van der Waals surface area (Å²) in [7, 11) is 0. The van der Waals surface area contributed by atoms with Gasteiger partial charge in [0.2, 0.25) is 0 Å². The molecule has 4 aliphatic rings. The first-order valence-electron chi connectivity index (χ1n) is 16.8. The molecule has 4 atom stereocenters. The lowest BCUT2D eigenvalue weighted by Gasteiger charge is -2.35. The average molecular weight is 615 g/mol. The lowest BCUT2D eigenvalue weighted by atomic mass is 9.63. The van der Waals surface area contributed by atoms with Crippen molar-refractivity contribution in [3.8, 4) is 0 Å². The van der Waals surface area contributed by atoms with Gasteiger partial charge in [0.15, 0.2) is 0 Å². The highest BCUT2D eigenvalue weighted by atomic mass is 16.5. The van der Waals surface area contributed by atoms with E-state index in [0.717, 1.165) is 22.3 Å². The number of ether oxygens (including phenoxy) is 2. The van der Waals surface area contributed by atoms with Crippen molar-refractivity contribution in [3.05, 3.63) is 249 Å². The monoisotopic (exact) mass is 614 g/mol. The third-order valence-corrected chi connectivity index (χ3v) is 11.4. The Morgan fingerprint density at radius 2 is 0.438 bits per heavy atom. The van der Waals surface area contributed by atoms with Gasteiger partial charge in [-0.05, 0) is 56.6 Å². The minimum Gasteiger partial charge on any atom is -0.340 e. The van der Waals surface area contributed by atoms with Crippen LogP contribution in [0.4, 0.5) is 0 Å². The van der Waals surface area contributed by atoms with E-state index in [2.05, 4.69) is 182 Å². The Hall–Kier alpha value is -5.54. The van der Waals surface area contributed by atoms with E-state index in [1.807, 2.05) is 0 Å². The van der Waals surface area contributed by atoms with Crippen LogP contribution in [0, 0.1) is 0 Å². The number of rotatable bonds is 4. The summed E-state index contributed by atoms with van der Waals surface area (Å²) in [5.74, 6) is 0. The molecule has 7 aromatic rings. The molecule has 48 heavy (non-hydrogen) atoms. The Balaban J connectivity index is 1.33. The van der Waals surface area contributed by atoms with Crippen LogP contribution >= 0.6 is 0 Å². The third-order valence-electron chi connectivity index (χ3n) is 11.4. The van der Waals surface area contributed by atoms with E-state index in [4.69, 9.17) is 9.47 Å². The van der Waals surface area contributed by atoms with Gasteiger partial charge in [0, 0.05) is 22.3 Å². The second kappa shape index (κ2) is 9.08. The summed E-state index contributed by atoms with van der Waals surface area (Å²) in [5, 5.41) is 0. The quantitative estimate of drug-likeness (QED) is 0.197. The highest BCUT2D eigenvalue weighted by molar-refractivity contribution is 5.77. The van der Waals surface area contributed by atoms with Crippen molar-refractivity contribution in [2.45, 2.75) is 22.4 Å². The van der Waals surface area contributed by atoms with Gasteiger partial charge < -0.3 is 9.47 Å². The molecule has 226 valence electrons. The van der Waals surface area contributed by atoms with Crippen LogP contribution in [0.3, 0.4) is 0 Å². The van der Waals surface area contributed by atoms with Crippen LogP contribution in [-0.2, 0) is 31.9 Å². The molecule has 0 amide bonds. The van der Waals surface area contributed by atoms with Gasteiger partial charge in [0.1, 0.15) is 22.4 Å². The molecule has 0 spiro atoms. The topological polar surface area (TPSA) is 18.5 Å².